The van der Waals surface area contributed by atoms with Crippen LogP contribution in [0.15, 0.2) is 54.6 Å². The summed E-state index contributed by atoms with van der Waals surface area (Å²) in [6.07, 6.45) is -3.84. The van der Waals surface area contributed by atoms with Crippen LogP contribution in [0.5, 0.6) is 5.75 Å². The highest BCUT2D eigenvalue weighted by atomic mass is 32.2. The normalized spacial score (nSPS) is 17.3. The van der Waals surface area contributed by atoms with Crippen LogP contribution in [0.1, 0.15) is 28.0 Å². The summed E-state index contributed by atoms with van der Waals surface area (Å²) in [5.74, 6) is -4.08. The summed E-state index contributed by atoms with van der Waals surface area (Å²) >= 11 is 0. The van der Waals surface area contributed by atoms with Crippen LogP contribution in [0.25, 0.3) is 10.9 Å². The number of carbonyl (C=O) groups is 3. The number of hydrogen-bond donors (Lipinski definition) is 4. The minimum Gasteiger partial charge on any atom is -0.489 e. The van der Waals surface area contributed by atoms with Crippen LogP contribution in [0.3, 0.4) is 0 Å². The molecule has 0 aliphatic carbocycles. The number of nitrogens with one attached hydrogen (secondary N) is 2. The molecule has 43 heavy (non-hydrogen) atoms. The number of halogens is 3. The number of hydrogen-bond acceptors (Lipinski definition) is 8. The van der Waals surface area contributed by atoms with Gasteiger partial charge < -0.3 is 15.2 Å². The zero-order valence-electron chi connectivity index (χ0n) is 23.0. The van der Waals surface area contributed by atoms with Gasteiger partial charge in [0.2, 0.25) is 15.9 Å². The Morgan fingerprint density at radius 2 is 1.74 bits per heavy atom. The molecule has 12 nitrogen and oxygen atoms in total. The van der Waals surface area contributed by atoms with Gasteiger partial charge in [-0.1, -0.05) is 18.2 Å². The summed E-state index contributed by atoms with van der Waals surface area (Å²) in [5, 5.41) is 19.9. The Labute approximate surface area is 244 Å². The second-order valence-corrected chi connectivity index (χ2v) is 11.6. The molecule has 232 valence electrons. The fourth-order valence-corrected chi connectivity index (χ4v) is 5.26. The highest BCUT2D eigenvalue weighted by Crippen LogP contribution is 2.23. The van der Waals surface area contributed by atoms with E-state index in [1.807, 2.05) is 37.3 Å². The van der Waals surface area contributed by atoms with Crippen LogP contribution in [0.2, 0.25) is 0 Å². The molecule has 0 saturated carbocycles. The molecule has 4 rings (SSSR count). The van der Waals surface area contributed by atoms with Gasteiger partial charge in [-0.05, 0) is 49.7 Å². The minimum atomic E-state index is -5.08. The number of benzene rings is 2. The van der Waals surface area contributed by atoms with Crippen LogP contribution in [0.4, 0.5) is 13.2 Å². The quantitative estimate of drug-likeness (QED) is 0.227. The third-order valence-electron chi connectivity index (χ3n) is 6.49. The van der Waals surface area contributed by atoms with Crippen LogP contribution in [-0.2, 0) is 26.2 Å². The molecule has 0 bridgehead atoms. The molecule has 2 heterocycles. The number of carbonyl (C=O) groups excluding carboxylic acids is 2. The molecule has 1 fully saturated rings. The van der Waals surface area contributed by atoms with Crippen molar-refractivity contribution in [3.63, 3.8) is 0 Å². The van der Waals surface area contributed by atoms with Gasteiger partial charge in [0.15, 0.2) is 0 Å². The van der Waals surface area contributed by atoms with Crippen LogP contribution in [0, 0.1) is 12.8 Å². The number of amides is 2. The van der Waals surface area contributed by atoms with Gasteiger partial charge in [-0.2, -0.15) is 13.2 Å². The van der Waals surface area contributed by atoms with E-state index in [-0.39, 0.29) is 19.5 Å². The summed E-state index contributed by atoms with van der Waals surface area (Å²) in [4.78, 5) is 38.4. The van der Waals surface area contributed by atoms with E-state index in [4.69, 9.17) is 19.8 Å². The van der Waals surface area contributed by atoms with E-state index in [2.05, 4.69) is 10.3 Å². The van der Waals surface area contributed by atoms with E-state index in [0.717, 1.165) is 28.4 Å². The fraction of sp³-hybridized carbons (Fsp3) is 0.333. The molecular formula is C27H29F3N4O8S. The predicted octanol–water partition coefficient (Wildman–Crippen LogP) is 2.64. The highest BCUT2D eigenvalue weighted by Gasteiger charge is 2.39. The maximum absolute atomic E-state index is 12.9. The number of aromatic nitrogens is 1. The van der Waals surface area contributed by atoms with E-state index in [1.165, 1.54) is 4.31 Å². The van der Waals surface area contributed by atoms with Gasteiger partial charge in [0.1, 0.15) is 12.4 Å². The van der Waals surface area contributed by atoms with E-state index in [9.17, 15) is 31.2 Å². The molecule has 4 N–H and O–H groups in total. The predicted molar refractivity (Wildman–Crippen MR) is 147 cm³/mol. The Morgan fingerprint density at radius 3 is 2.33 bits per heavy atom. The average Bonchev–Trinajstić information content (AvgIpc) is 2.95. The summed E-state index contributed by atoms with van der Waals surface area (Å²) in [7, 11) is -3.50. The maximum Gasteiger partial charge on any atom is 0.490 e. The topological polar surface area (TPSA) is 175 Å². The molecule has 1 aliphatic heterocycles. The molecule has 0 radical (unpaired) electrons. The average molecular weight is 627 g/mol. The van der Waals surface area contributed by atoms with Crippen LogP contribution >= 0.6 is 0 Å². The van der Waals surface area contributed by atoms with Gasteiger partial charge in [0.05, 0.1) is 23.7 Å². The number of sulfonamides is 1. The molecule has 2 aromatic carbocycles. The summed E-state index contributed by atoms with van der Waals surface area (Å²) in [5.41, 5.74) is 4.72. The summed E-state index contributed by atoms with van der Waals surface area (Å²) in [6.45, 7) is 2.32. The Morgan fingerprint density at radius 1 is 1.12 bits per heavy atom. The Balaban J connectivity index is 0.000000646. The lowest BCUT2D eigenvalue weighted by Crippen LogP contribution is -2.57. The lowest BCUT2D eigenvalue weighted by atomic mass is 9.91. The SMILES string of the molecule is Cc1cc(COc2ccc(C(=O)N[C@@H]3CN(S(C)(=O)=O)CC[C@@H]3C(=O)NO)cc2)c2ccccc2n1.O=C(O)C(F)(F)F. The molecule has 1 aromatic heterocycles. The molecule has 1 saturated heterocycles. The van der Waals surface area contributed by atoms with Gasteiger partial charge in [-0.3, -0.25) is 19.8 Å². The number of piperidine rings is 1. The Bertz CT molecular complexity index is 1580. The van der Waals surface area contributed by atoms with Crippen molar-refractivity contribution in [2.24, 2.45) is 5.92 Å². The van der Waals surface area contributed by atoms with Crippen molar-refractivity contribution in [3.05, 3.63) is 71.4 Å². The largest absolute Gasteiger partial charge is 0.490 e. The lowest BCUT2D eigenvalue weighted by Gasteiger charge is -2.36. The first-order valence-electron chi connectivity index (χ1n) is 12.7. The summed E-state index contributed by atoms with van der Waals surface area (Å²) < 4.78 is 62.8. The lowest BCUT2D eigenvalue weighted by molar-refractivity contribution is -0.192. The monoisotopic (exact) mass is 626 g/mol. The zero-order valence-corrected chi connectivity index (χ0v) is 23.8. The maximum atomic E-state index is 12.9. The second-order valence-electron chi connectivity index (χ2n) is 9.63. The number of aryl methyl sites for hydroxylation is 1. The van der Waals surface area contributed by atoms with E-state index in [0.29, 0.717) is 17.9 Å². The van der Waals surface area contributed by atoms with Gasteiger partial charge >= 0.3 is 12.1 Å². The van der Waals surface area contributed by atoms with E-state index in [1.54, 1.807) is 29.7 Å². The van der Waals surface area contributed by atoms with E-state index >= 15 is 0 Å². The van der Waals surface area contributed by atoms with Crippen molar-refractivity contribution >= 4 is 38.7 Å². The number of para-hydroxylation sites is 1. The molecule has 1 aliphatic rings. The highest BCUT2D eigenvalue weighted by molar-refractivity contribution is 7.88. The second kappa shape index (κ2) is 13.8. The van der Waals surface area contributed by atoms with Gasteiger partial charge in [-0.15, -0.1) is 0 Å². The van der Waals surface area contributed by atoms with Crippen molar-refractivity contribution < 1.29 is 51.0 Å². The number of pyridine rings is 1. The van der Waals surface area contributed by atoms with Crippen LogP contribution < -0.4 is 15.5 Å². The van der Waals surface area contributed by atoms with Crippen molar-refractivity contribution in [3.8, 4) is 5.75 Å². The third kappa shape index (κ3) is 9.10. The van der Waals surface area contributed by atoms with E-state index < -0.39 is 45.9 Å². The number of carboxylic acid groups (broad SMARTS) is 1. The Kier molecular flexibility index (Phi) is 10.7. The molecule has 0 unspecified atom stereocenters. The van der Waals surface area contributed by atoms with Gasteiger partial charge in [-0.25, -0.2) is 23.0 Å². The fourth-order valence-electron chi connectivity index (χ4n) is 4.40. The number of nitrogens with zero attached hydrogens (tertiary/aromatic N) is 2. The smallest absolute Gasteiger partial charge is 0.489 e. The summed E-state index contributed by atoms with van der Waals surface area (Å²) in [6, 6.07) is 15.6. The first-order chi connectivity index (χ1) is 20.1. The molecular weight excluding hydrogens is 597 g/mol. The number of aliphatic carboxylic acids is 1. The minimum absolute atomic E-state index is 0.0663. The van der Waals surface area contributed by atoms with Gasteiger partial charge in [0.25, 0.3) is 5.91 Å². The number of alkyl halides is 3. The first-order valence-corrected chi connectivity index (χ1v) is 14.5. The molecule has 3 aromatic rings. The molecule has 2 amide bonds. The third-order valence-corrected chi connectivity index (χ3v) is 7.76. The standard InChI is InChI=1S/C25H28N4O6S.C2HF3O2/c1-16-13-18(20-5-3-4-6-22(20)26-16)15-35-19-9-7-17(8-10-19)24(30)27-23-14-29(36(2,33)34)12-11-21(23)25(31)28-32;3-2(4,5)1(6)7/h3-10,13,21,23,32H,11-12,14-15H2,1-2H3,(H,27,30)(H,28,31);(H,6,7)/t21-,23+;/m0./s1. The molecule has 0 spiro atoms. The van der Waals surface area contributed by atoms with Crippen LogP contribution in [-0.4, -0.2) is 77.4 Å². The van der Waals surface area contributed by atoms with Crippen molar-refractivity contribution in [1.82, 2.24) is 20.1 Å². The Hall–Kier alpha value is -4.28. The number of rotatable bonds is 7. The molecule has 2 atom stereocenters. The number of fused-ring (bicyclic) bond motifs is 1. The van der Waals surface area contributed by atoms with Crippen molar-refractivity contribution in [2.75, 3.05) is 19.3 Å². The van der Waals surface area contributed by atoms with Gasteiger partial charge in [0, 0.05) is 35.3 Å². The number of hydroxylamine groups is 1. The molecule has 16 heteroatoms. The zero-order chi connectivity index (χ0) is 31.9. The first kappa shape index (κ1) is 33.2. The number of ether oxygens (including phenoxy) is 1. The van der Waals surface area contributed by atoms with Crippen molar-refractivity contribution in [2.45, 2.75) is 32.2 Å². The number of carboxylic acids is 1. The van der Waals surface area contributed by atoms with Crippen molar-refractivity contribution in [1.29, 1.82) is 0 Å².